The summed E-state index contributed by atoms with van der Waals surface area (Å²) in [4.78, 5) is 12.3. The van der Waals surface area contributed by atoms with E-state index in [1.54, 1.807) is 0 Å². The van der Waals surface area contributed by atoms with Gasteiger partial charge in [-0.05, 0) is 56.3 Å². The third kappa shape index (κ3) is 2.42. The molecule has 3 aliphatic carbocycles. The summed E-state index contributed by atoms with van der Waals surface area (Å²) in [5.41, 5.74) is 6.12. The van der Waals surface area contributed by atoms with Crippen molar-refractivity contribution in [1.29, 1.82) is 0 Å². The Morgan fingerprint density at radius 2 is 1.78 bits per heavy atom. The number of carbonyl (C=O) groups excluding carboxylic acids is 1. The lowest BCUT2D eigenvalue weighted by atomic mass is 9.67. The summed E-state index contributed by atoms with van der Waals surface area (Å²) in [6.07, 6.45) is 8.55. The topological polar surface area (TPSA) is 55.1 Å². The van der Waals surface area contributed by atoms with Crippen LogP contribution in [0.25, 0.3) is 0 Å². The fourth-order valence-corrected chi connectivity index (χ4v) is 4.13. The Kier molecular flexibility index (Phi) is 3.35. The van der Waals surface area contributed by atoms with Crippen LogP contribution in [0, 0.1) is 23.7 Å². The molecule has 3 rings (SSSR count). The second-order valence-electron chi connectivity index (χ2n) is 6.84. The molecule has 3 saturated carbocycles. The molecular weight excluding hydrogens is 224 g/mol. The van der Waals surface area contributed by atoms with E-state index in [0.29, 0.717) is 35.7 Å². The van der Waals surface area contributed by atoms with Gasteiger partial charge in [-0.2, -0.15) is 0 Å². The van der Waals surface area contributed by atoms with E-state index in [9.17, 15) is 4.79 Å². The first-order chi connectivity index (χ1) is 8.65. The fourth-order valence-electron chi connectivity index (χ4n) is 4.13. The Labute approximate surface area is 110 Å². The first-order valence-electron chi connectivity index (χ1n) is 7.71. The number of carbonyl (C=O) groups is 1. The molecule has 102 valence electrons. The summed E-state index contributed by atoms with van der Waals surface area (Å²) < 4.78 is 0. The number of nitrogens with one attached hydrogen (secondary N) is 1. The molecule has 3 heteroatoms. The third-order valence-electron chi connectivity index (χ3n) is 5.43. The first kappa shape index (κ1) is 12.5. The number of rotatable bonds is 3. The van der Waals surface area contributed by atoms with E-state index in [1.807, 2.05) is 0 Å². The zero-order chi connectivity index (χ0) is 12.7. The lowest BCUT2D eigenvalue weighted by Crippen LogP contribution is -2.54. The Morgan fingerprint density at radius 1 is 1.17 bits per heavy atom. The standard InChI is InChI=1S/C15H26N2O/c1-9(10-5-6-10)15(18)17-14-11-3-2-4-12(14)8-13(16)7-11/h9-14H,2-8,16H2,1H3,(H,17,18). The van der Waals surface area contributed by atoms with E-state index in [0.717, 1.165) is 12.8 Å². The van der Waals surface area contributed by atoms with E-state index in [4.69, 9.17) is 5.73 Å². The van der Waals surface area contributed by atoms with Gasteiger partial charge in [0.05, 0.1) is 0 Å². The largest absolute Gasteiger partial charge is 0.353 e. The maximum Gasteiger partial charge on any atom is 0.223 e. The van der Waals surface area contributed by atoms with Gasteiger partial charge in [-0.1, -0.05) is 13.3 Å². The van der Waals surface area contributed by atoms with E-state index >= 15 is 0 Å². The van der Waals surface area contributed by atoms with Crippen LogP contribution >= 0.6 is 0 Å². The van der Waals surface area contributed by atoms with Crippen molar-refractivity contribution in [3.63, 3.8) is 0 Å². The fraction of sp³-hybridized carbons (Fsp3) is 0.933. The van der Waals surface area contributed by atoms with Crippen molar-refractivity contribution in [3.8, 4) is 0 Å². The number of fused-ring (bicyclic) bond motifs is 2. The highest BCUT2D eigenvalue weighted by Crippen LogP contribution is 2.41. The van der Waals surface area contributed by atoms with Crippen molar-refractivity contribution in [2.75, 3.05) is 0 Å². The zero-order valence-electron chi connectivity index (χ0n) is 11.4. The van der Waals surface area contributed by atoms with E-state index < -0.39 is 0 Å². The van der Waals surface area contributed by atoms with Crippen molar-refractivity contribution in [3.05, 3.63) is 0 Å². The molecule has 0 saturated heterocycles. The monoisotopic (exact) mass is 250 g/mol. The van der Waals surface area contributed by atoms with Crippen molar-refractivity contribution in [2.24, 2.45) is 29.4 Å². The van der Waals surface area contributed by atoms with Crippen molar-refractivity contribution >= 4 is 5.91 Å². The molecule has 0 heterocycles. The average molecular weight is 250 g/mol. The van der Waals surface area contributed by atoms with Gasteiger partial charge in [0.25, 0.3) is 0 Å². The summed E-state index contributed by atoms with van der Waals surface area (Å²) in [5.74, 6) is 2.47. The smallest absolute Gasteiger partial charge is 0.223 e. The molecule has 3 aliphatic rings. The molecule has 2 bridgehead atoms. The Bertz CT molecular complexity index is 312. The van der Waals surface area contributed by atoms with Crippen LogP contribution in [-0.4, -0.2) is 18.0 Å². The highest BCUT2D eigenvalue weighted by molar-refractivity contribution is 5.79. The lowest BCUT2D eigenvalue weighted by molar-refractivity contribution is -0.127. The minimum Gasteiger partial charge on any atom is -0.353 e. The molecule has 3 atom stereocenters. The third-order valence-corrected chi connectivity index (χ3v) is 5.43. The van der Waals surface area contributed by atoms with Gasteiger partial charge in [-0.15, -0.1) is 0 Å². The Balaban J connectivity index is 1.62. The van der Waals surface area contributed by atoms with Crippen LogP contribution in [0.3, 0.4) is 0 Å². The molecule has 0 spiro atoms. The van der Waals surface area contributed by atoms with E-state index in [-0.39, 0.29) is 5.92 Å². The molecule has 18 heavy (non-hydrogen) atoms. The molecule has 3 N–H and O–H groups in total. The van der Waals surface area contributed by atoms with Gasteiger partial charge >= 0.3 is 0 Å². The first-order valence-corrected chi connectivity index (χ1v) is 7.71. The minimum atomic E-state index is 0.223. The number of nitrogens with two attached hydrogens (primary N) is 1. The molecule has 0 aliphatic heterocycles. The second-order valence-corrected chi connectivity index (χ2v) is 6.84. The average Bonchev–Trinajstić information content (AvgIpc) is 3.13. The van der Waals surface area contributed by atoms with Gasteiger partial charge in [0.15, 0.2) is 0 Å². The Hall–Kier alpha value is -0.570. The second kappa shape index (κ2) is 4.84. The summed E-state index contributed by atoms with van der Waals surface area (Å²) in [5, 5.41) is 3.37. The highest BCUT2D eigenvalue weighted by Gasteiger charge is 2.41. The Morgan fingerprint density at radius 3 is 2.33 bits per heavy atom. The van der Waals surface area contributed by atoms with Crippen LogP contribution in [0.5, 0.6) is 0 Å². The van der Waals surface area contributed by atoms with Gasteiger partial charge in [0.1, 0.15) is 0 Å². The molecule has 3 fully saturated rings. The summed E-state index contributed by atoms with van der Waals surface area (Å²) in [6, 6.07) is 0.793. The SMILES string of the molecule is CC(C(=O)NC1C2CCCC1CC(N)C2)C1CC1. The predicted octanol–water partition coefficient (Wildman–Crippen LogP) is 2.05. The van der Waals surface area contributed by atoms with Crippen LogP contribution < -0.4 is 11.1 Å². The molecule has 0 aromatic carbocycles. The number of hydrogen-bond donors (Lipinski definition) is 2. The zero-order valence-corrected chi connectivity index (χ0v) is 11.4. The van der Waals surface area contributed by atoms with E-state index in [2.05, 4.69) is 12.2 Å². The lowest BCUT2D eigenvalue weighted by Gasteiger charge is -2.45. The maximum atomic E-state index is 12.3. The van der Waals surface area contributed by atoms with Crippen LogP contribution in [0.15, 0.2) is 0 Å². The molecule has 3 unspecified atom stereocenters. The van der Waals surface area contributed by atoms with Gasteiger partial charge in [-0.25, -0.2) is 0 Å². The minimum absolute atomic E-state index is 0.223. The number of hydrogen-bond acceptors (Lipinski definition) is 2. The summed E-state index contributed by atoms with van der Waals surface area (Å²) in [7, 11) is 0. The van der Waals surface area contributed by atoms with Gasteiger partial charge in [-0.3, -0.25) is 4.79 Å². The van der Waals surface area contributed by atoms with Gasteiger partial charge in [0, 0.05) is 18.0 Å². The van der Waals surface area contributed by atoms with E-state index in [1.165, 1.54) is 32.1 Å². The molecule has 0 aromatic heterocycles. The van der Waals surface area contributed by atoms with Crippen molar-refractivity contribution in [2.45, 2.75) is 64.0 Å². The van der Waals surface area contributed by atoms with Crippen LogP contribution in [0.1, 0.15) is 51.9 Å². The van der Waals surface area contributed by atoms with Crippen LogP contribution in [0.2, 0.25) is 0 Å². The molecule has 3 nitrogen and oxygen atoms in total. The van der Waals surface area contributed by atoms with Crippen molar-refractivity contribution in [1.82, 2.24) is 5.32 Å². The van der Waals surface area contributed by atoms with Gasteiger partial charge in [0.2, 0.25) is 5.91 Å². The summed E-state index contributed by atoms with van der Waals surface area (Å²) >= 11 is 0. The van der Waals surface area contributed by atoms with Crippen LogP contribution in [-0.2, 0) is 4.79 Å². The highest BCUT2D eigenvalue weighted by atomic mass is 16.2. The molecular formula is C15H26N2O. The molecule has 0 radical (unpaired) electrons. The maximum absolute atomic E-state index is 12.3. The summed E-state index contributed by atoms with van der Waals surface area (Å²) in [6.45, 7) is 2.09. The quantitative estimate of drug-likeness (QED) is 0.805. The van der Waals surface area contributed by atoms with Gasteiger partial charge < -0.3 is 11.1 Å². The normalized spacial score (nSPS) is 41.2. The molecule has 0 aromatic rings. The molecule has 1 amide bonds. The van der Waals surface area contributed by atoms with Crippen LogP contribution in [0.4, 0.5) is 0 Å². The number of amides is 1. The predicted molar refractivity (Wildman–Crippen MR) is 71.9 cm³/mol. The van der Waals surface area contributed by atoms with Crippen molar-refractivity contribution < 1.29 is 4.79 Å².